The normalized spacial score (nSPS) is 11.8. The first-order valence-electron chi connectivity index (χ1n) is 41.6. The molecule has 0 radical (unpaired) electrons. The Morgan fingerprint density at radius 1 is 0.140 bits per heavy atom. The van der Waals surface area contributed by atoms with E-state index in [1.807, 2.05) is 22.7 Å². The fourth-order valence-corrected chi connectivity index (χ4v) is 22.0. The molecule has 0 saturated carbocycles. The second-order valence-electron chi connectivity index (χ2n) is 31.9. The number of hydrogen-bond acceptors (Lipinski definition) is 3. The molecule has 3 heteroatoms. The molecule has 0 aliphatic carbocycles. The van der Waals surface area contributed by atoms with Gasteiger partial charge in [0.15, 0.2) is 0 Å². The number of fused-ring (bicyclic) bond motifs is 21. The van der Waals surface area contributed by atoms with Crippen LogP contribution in [0.1, 0.15) is 0 Å². The van der Waals surface area contributed by atoms with Gasteiger partial charge in [0.1, 0.15) is 11.2 Å². The van der Waals surface area contributed by atoms with Crippen LogP contribution in [0.2, 0.25) is 0 Å². The Morgan fingerprint density at radius 3 is 0.959 bits per heavy atom. The Hall–Kier alpha value is -15.1. The van der Waals surface area contributed by atoms with Crippen molar-refractivity contribution in [3.63, 3.8) is 0 Å². The zero-order chi connectivity index (χ0) is 79.6. The minimum Gasteiger partial charge on any atom is -0.455 e. The maximum absolute atomic E-state index is 6.54. The smallest absolute Gasteiger partial charge is 0.143 e. The van der Waals surface area contributed by atoms with E-state index >= 15 is 0 Å². The highest BCUT2D eigenvalue weighted by Gasteiger charge is 2.23. The highest BCUT2D eigenvalue weighted by atomic mass is 32.1. The molecule has 0 N–H and O–H groups in total. The summed E-state index contributed by atoms with van der Waals surface area (Å²) >= 11 is 3.79. The lowest BCUT2D eigenvalue weighted by molar-refractivity contribution is 0.673. The quantitative estimate of drug-likeness (QED) is 0.145. The number of rotatable bonds is 7. The van der Waals surface area contributed by atoms with E-state index in [0.29, 0.717) is 0 Å². The second kappa shape index (κ2) is 28.9. The summed E-state index contributed by atoms with van der Waals surface area (Å²) in [6.45, 7) is 0. The number of furan rings is 1. The first-order chi connectivity index (χ1) is 60.0. The van der Waals surface area contributed by atoms with Gasteiger partial charge in [0.2, 0.25) is 0 Å². The van der Waals surface area contributed by atoms with Crippen LogP contribution in [0.25, 0.3) is 248 Å². The van der Waals surface area contributed by atoms with Crippen molar-refractivity contribution in [3.05, 3.63) is 437 Å². The van der Waals surface area contributed by atoms with Crippen molar-refractivity contribution in [2.24, 2.45) is 0 Å². The SMILES string of the molecule is c1cc(-c2ccc3c(c2)oc2c4ccccc4ccc32)cc(-c2c3ccccc3c(-c3ccc4ccccc4c3)c3ccccc23)c1.c1ccc(-c2c3ccccc3c(-c3ccc4sc5c6ccccc6ccc5c4c3)c3ccccc23)cc1.c1ccc(-c2c3ccccc3c(-c3ccc4sc5cc6ccccc6cc5c4c3)c3ccccc23)cc1. The van der Waals surface area contributed by atoms with Gasteiger partial charge in [0, 0.05) is 56.5 Å². The summed E-state index contributed by atoms with van der Waals surface area (Å²) in [5.41, 5.74) is 19.5. The van der Waals surface area contributed by atoms with Crippen LogP contribution in [0, 0.1) is 0 Å². The molecule has 3 heterocycles. The molecule has 3 aromatic heterocycles. The zero-order valence-corrected chi connectivity index (χ0v) is 67.4. The maximum atomic E-state index is 6.54. The third-order valence-corrected chi connectivity index (χ3v) is 27.4. The zero-order valence-electron chi connectivity index (χ0n) is 65.8. The van der Waals surface area contributed by atoms with Crippen molar-refractivity contribution < 1.29 is 4.42 Å². The monoisotopic (exact) mass is 1570 g/mol. The van der Waals surface area contributed by atoms with Gasteiger partial charge in [0.25, 0.3) is 0 Å². The van der Waals surface area contributed by atoms with Gasteiger partial charge in [-0.1, -0.05) is 370 Å². The molecule has 0 unspecified atom stereocenters. The van der Waals surface area contributed by atoms with Crippen LogP contribution < -0.4 is 0 Å². The van der Waals surface area contributed by atoms with Crippen molar-refractivity contribution in [2.75, 3.05) is 0 Å². The molecule has 26 rings (SSSR count). The molecule has 0 aliphatic rings. The van der Waals surface area contributed by atoms with Gasteiger partial charge >= 0.3 is 0 Å². The van der Waals surface area contributed by atoms with Gasteiger partial charge in [-0.05, 0) is 247 Å². The molecule has 0 amide bonds. The van der Waals surface area contributed by atoms with Crippen molar-refractivity contribution in [2.45, 2.75) is 0 Å². The highest BCUT2D eigenvalue weighted by molar-refractivity contribution is 7.27. The summed E-state index contributed by atoms with van der Waals surface area (Å²) in [4.78, 5) is 0. The van der Waals surface area contributed by atoms with Gasteiger partial charge in [-0.2, -0.15) is 0 Å². The lowest BCUT2D eigenvalue weighted by Crippen LogP contribution is -1.91. The van der Waals surface area contributed by atoms with E-state index in [1.165, 1.54) is 215 Å². The van der Waals surface area contributed by atoms with E-state index in [9.17, 15) is 0 Å². The average Bonchev–Trinajstić information content (AvgIpc) is 1.70. The first-order valence-corrected chi connectivity index (χ1v) is 43.2. The number of benzene rings is 23. The standard InChI is InChI=1S/C46H28O.2C36H22S/c1-2-12-31-26-35(21-20-29(31)10-1)45-40-18-7-5-16-38(40)44(39-17-6-8-19-41(39)45)34-14-9-13-32(27-34)33-23-24-37-42-25-22-30-11-3-4-15-36(30)46(42)47-43(37)28-33;1-2-11-24(12-3-1)34-27-14-6-8-16-29(27)35(30-17-9-7-15-28(30)34)25-19-21-33-32(22-25)31-20-18-23-10-4-5-13-26(23)36(31)37-33;1-2-10-23(11-3-1)35-27-14-6-8-16-29(27)36(30-17-9-7-15-28(30)35)26-18-19-33-31(21-26)32-20-24-12-4-5-13-25(24)22-34(32)37-33/h1-28H;2*1-22H. The predicted molar refractivity (Wildman–Crippen MR) is 525 cm³/mol. The highest BCUT2D eigenvalue weighted by Crippen LogP contribution is 2.51. The summed E-state index contributed by atoms with van der Waals surface area (Å²) < 4.78 is 11.9. The lowest BCUT2D eigenvalue weighted by Gasteiger charge is -2.18. The van der Waals surface area contributed by atoms with E-state index in [1.54, 1.807) is 0 Å². The molecule has 0 aliphatic heterocycles. The van der Waals surface area contributed by atoms with Gasteiger partial charge in [-0.25, -0.2) is 0 Å². The minimum atomic E-state index is 0.912. The summed E-state index contributed by atoms with van der Waals surface area (Å²) in [5.74, 6) is 0. The fourth-order valence-electron chi connectivity index (χ4n) is 19.6. The Bertz CT molecular complexity index is 8370. The van der Waals surface area contributed by atoms with Crippen LogP contribution in [0.3, 0.4) is 0 Å². The lowest BCUT2D eigenvalue weighted by atomic mass is 9.85. The maximum Gasteiger partial charge on any atom is 0.143 e. The molecule has 0 fully saturated rings. The minimum absolute atomic E-state index is 0.912. The molecule has 0 bridgehead atoms. The Kier molecular flexibility index (Phi) is 16.8. The summed E-state index contributed by atoms with van der Waals surface area (Å²) in [6, 6.07) is 159. The summed E-state index contributed by atoms with van der Waals surface area (Å²) in [6.07, 6.45) is 0. The van der Waals surface area contributed by atoms with E-state index in [4.69, 9.17) is 4.42 Å². The summed E-state index contributed by atoms with van der Waals surface area (Å²) in [5, 5.41) is 33.1. The molecular formula is C118H72OS2. The van der Waals surface area contributed by atoms with Crippen LogP contribution in [0.5, 0.6) is 0 Å². The van der Waals surface area contributed by atoms with Crippen molar-refractivity contribution in [1.82, 2.24) is 0 Å². The molecule has 0 atom stereocenters. The van der Waals surface area contributed by atoms with Gasteiger partial charge in [-0.15, -0.1) is 22.7 Å². The summed E-state index contributed by atoms with van der Waals surface area (Å²) in [7, 11) is 0. The third-order valence-electron chi connectivity index (χ3n) is 25.1. The predicted octanol–water partition coefficient (Wildman–Crippen LogP) is 34.9. The Balaban J connectivity index is 0.000000104. The second-order valence-corrected chi connectivity index (χ2v) is 34.0. The van der Waals surface area contributed by atoms with E-state index in [-0.39, 0.29) is 0 Å². The molecule has 562 valence electrons. The van der Waals surface area contributed by atoms with E-state index in [0.717, 1.165) is 32.9 Å². The van der Waals surface area contributed by atoms with Crippen LogP contribution in [-0.2, 0) is 0 Å². The Morgan fingerprint density at radius 2 is 0.455 bits per heavy atom. The van der Waals surface area contributed by atoms with Crippen LogP contribution in [-0.4, -0.2) is 0 Å². The first kappa shape index (κ1) is 70.1. The van der Waals surface area contributed by atoms with Crippen molar-refractivity contribution in [1.29, 1.82) is 0 Å². The fraction of sp³-hybridized carbons (Fsp3) is 0. The molecule has 1 nitrogen and oxygen atoms in total. The number of thiophene rings is 2. The largest absolute Gasteiger partial charge is 0.455 e. The van der Waals surface area contributed by atoms with Gasteiger partial charge in [-0.3, -0.25) is 0 Å². The molecule has 26 aromatic rings. The van der Waals surface area contributed by atoms with Gasteiger partial charge < -0.3 is 4.42 Å². The molecule has 0 spiro atoms. The average molecular weight is 1570 g/mol. The Labute approximate surface area is 706 Å². The molecule has 0 saturated heterocycles. The topological polar surface area (TPSA) is 13.1 Å². The molecule has 121 heavy (non-hydrogen) atoms. The van der Waals surface area contributed by atoms with Crippen LogP contribution in [0.15, 0.2) is 441 Å². The van der Waals surface area contributed by atoms with Crippen LogP contribution >= 0.6 is 22.7 Å². The van der Waals surface area contributed by atoms with Gasteiger partial charge in [0.05, 0.1) is 0 Å². The van der Waals surface area contributed by atoms with E-state index in [2.05, 4.69) is 437 Å². The number of hydrogen-bond donors (Lipinski definition) is 0. The molecule has 23 aromatic carbocycles. The molecular weight excluding hydrogens is 1500 g/mol. The van der Waals surface area contributed by atoms with Crippen LogP contribution in [0.4, 0.5) is 0 Å². The third kappa shape index (κ3) is 11.8. The van der Waals surface area contributed by atoms with Crippen molar-refractivity contribution in [3.8, 4) is 77.9 Å². The van der Waals surface area contributed by atoms with Crippen molar-refractivity contribution >= 4 is 193 Å². The van der Waals surface area contributed by atoms with E-state index < -0.39 is 0 Å².